The molecule has 0 spiro atoms. The number of carbonyl (C=O) groups excluding carboxylic acids is 2. The highest BCUT2D eigenvalue weighted by Gasteiger charge is 2.34. The van der Waals surface area contributed by atoms with Gasteiger partial charge in [0.1, 0.15) is 23.3 Å². The summed E-state index contributed by atoms with van der Waals surface area (Å²) in [5.74, 6) is 0.259. The van der Waals surface area contributed by atoms with Crippen molar-refractivity contribution in [2.24, 2.45) is 0 Å². The molecular formula is C31H40FNO5. The Morgan fingerprint density at radius 2 is 1.71 bits per heavy atom. The minimum absolute atomic E-state index is 0.0458. The summed E-state index contributed by atoms with van der Waals surface area (Å²) in [4.78, 5) is 24.8. The van der Waals surface area contributed by atoms with Gasteiger partial charge >= 0.3 is 12.1 Å². The highest BCUT2D eigenvalue weighted by Crippen LogP contribution is 2.46. The maximum atomic E-state index is 15.2. The molecule has 0 aliphatic heterocycles. The van der Waals surface area contributed by atoms with E-state index in [1.807, 2.05) is 58.9 Å². The van der Waals surface area contributed by atoms with E-state index in [4.69, 9.17) is 14.2 Å². The van der Waals surface area contributed by atoms with Gasteiger partial charge in [0.25, 0.3) is 0 Å². The first-order valence-corrected chi connectivity index (χ1v) is 13.6. The average molecular weight is 526 g/mol. The number of methoxy groups -OCH3 is 1. The molecule has 1 amide bonds. The van der Waals surface area contributed by atoms with Crippen LogP contribution in [0.2, 0.25) is 0 Å². The summed E-state index contributed by atoms with van der Waals surface area (Å²) in [6.07, 6.45) is 4.65. The highest BCUT2D eigenvalue weighted by atomic mass is 19.1. The Kier molecular flexibility index (Phi) is 8.05. The Labute approximate surface area is 225 Å². The minimum atomic E-state index is -0.887. The number of halogens is 1. The zero-order chi connectivity index (χ0) is 27.7. The van der Waals surface area contributed by atoms with Gasteiger partial charge in [-0.15, -0.1) is 0 Å². The summed E-state index contributed by atoms with van der Waals surface area (Å²) >= 11 is 0. The average Bonchev–Trinajstić information content (AvgIpc) is 3.24. The van der Waals surface area contributed by atoms with Crippen LogP contribution in [-0.2, 0) is 19.7 Å². The lowest BCUT2D eigenvalue weighted by molar-refractivity contribution is -0.146. The molecule has 206 valence electrons. The molecule has 2 aliphatic carbocycles. The molecule has 38 heavy (non-hydrogen) atoms. The molecule has 0 bridgehead atoms. The molecule has 2 atom stereocenters. The van der Waals surface area contributed by atoms with Crippen LogP contribution in [0.15, 0.2) is 36.4 Å². The monoisotopic (exact) mass is 525 g/mol. The first kappa shape index (κ1) is 27.9. The Bertz CT molecular complexity index is 1180. The van der Waals surface area contributed by atoms with E-state index in [1.54, 1.807) is 6.07 Å². The fourth-order valence-electron chi connectivity index (χ4n) is 5.32. The van der Waals surface area contributed by atoms with Crippen molar-refractivity contribution in [3.63, 3.8) is 0 Å². The fraction of sp³-hybridized carbons (Fsp3) is 0.548. The normalized spacial score (nSPS) is 20.0. The quantitative estimate of drug-likeness (QED) is 0.393. The van der Waals surface area contributed by atoms with Gasteiger partial charge in [-0.3, -0.25) is 4.79 Å². The molecule has 2 fully saturated rings. The molecule has 2 saturated carbocycles. The third-order valence-electron chi connectivity index (χ3n) is 7.65. The third-order valence-corrected chi connectivity index (χ3v) is 7.65. The van der Waals surface area contributed by atoms with Crippen molar-refractivity contribution < 1.29 is 28.2 Å². The lowest BCUT2D eigenvalue weighted by Crippen LogP contribution is -2.38. The van der Waals surface area contributed by atoms with Gasteiger partial charge in [0.15, 0.2) is 0 Å². The van der Waals surface area contributed by atoms with Gasteiger partial charge < -0.3 is 19.5 Å². The zero-order valence-corrected chi connectivity index (χ0v) is 23.4. The van der Waals surface area contributed by atoms with Crippen LogP contribution in [0.3, 0.4) is 0 Å². The van der Waals surface area contributed by atoms with Crippen molar-refractivity contribution in [2.45, 2.75) is 102 Å². The summed E-state index contributed by atoms with van der Waals surface area (Å²) < 4.78 is 32.2. The molecule has 0 unspecified atom stereocenters. The van der Waals surface area contributed by atoms with E-state index in [-0.39, 0.29) is 29.9 Å². The SMILES string of the molecule is COC(=O)C(C)(C)c1ccc(O[C@@H]2CC[C@@H](NC(=O)OC(C)(C)C)C2)c(-c2cccc(F)c2C2CCC2)c1. The molecular weight excluding hydrogens is 485 g/mol. The van der Waals surface area contributed by atoms with E-state index in [9.17, 15) is 9.59 Å². The number of hydrogen-bond donors (Lipinski definition) is 1. The molecule has 1 N–H and O–H groups in total. The summed E-state index contributed by atoms with van der Waals surface area (Å²) in [5.41, 5.74) is 1.61. The summed E-state index contributed by atoms with van der Waals surface area (Å²) in [7, 11) is 1.38. The zero-order valence-electron chi connectivity index (χ0n) is 23.4. The van der Waals surface area contributed by atoms with Gasteiger partial charge in [0.2, 0.25) is 0 Å². The van der Waals surface area contributed by atoms with Crippen molar-refractivity contribution in [1.29, 1.82) is 0 Å². The van der Waals surface area contributed by atoms with E-state index >= 15 is 4.39 Å². The number of esters is 1. The molecule has 0 saturated heterocycles. The molecule has 2 aromatic carbocycles. The molecule has 6 nitrogen and oxygen atoms in total. The standard InChI is InChI=1S/C31H40FNO5/c1-30(2,3)38-29(35)33-21-14-15-22(18-21)37-26-16-13-20(31(4,5)28(34)36-6)17-24(26)23-11-8-12-25(32)27(23)19-9-7-10-19/h8,11-13,16-17,19,21-22H,7,9-10,14-15,18H2,1-6H3,(H,33,35)/t21-,22-/m1/s1. The number of nitrogens with one attached hydrogen (secondary N) is 1. The number of amides is 1. The van der Waals surface area contributed by atoms with Crippen LogP contribution in [0.25, 0.3) is 11.1 Å². The number of rotatable bonds is 7. The molecule has 0 radical (unpaired) electrons. The number of hydrogen-bond acceptors (Lipinski definition) is 5. The molecule has 2 aromatic rings. The Morgan fingerprint density at radius 1 is 0.974 bits per heavy atom. The maximum Gasteiger partial charge on any atom is 0.407 e. The fourth-order valence-corrected chi connectivity index (χ4v) is 5.32. The van der Waals surface area contributed by atoms with Gasteiger partial charge in [-0.1, -0.05) is 24.6 Å². The van der Waals surface area contributed by atoms with Crippen LogP contribution in [-0.4, -0.2) is 36.9 Å². The molecule has 0 heterocycles. The first-order chi connectivity index (χ1) is 17.9. The van der Waals surface area contributed by atoms with Gasteiger partial charge in [0, 0.05) is 18.0 Å². The number of carbonyl (C=O) groups is 2. The van der Waals surface area contributed by atoms with Gasteiger partial charge in [-0.25, -0.2) is 9.18 Å². The van der Waals surface area contributed by atoms with Crippen LogP contribution in [0.1, 0.15) is 90.2 Å². The molecule has 2 aliphatic rings. The maximum absolute atomic E-state index is 15.2. The largest absolute Gasteiger partial charge is 0.490 e. The van der Waals surface area contributed by atoms with Gasteiger partial charge in [-0.05, 0) is 101 Å². The molecule has 0 aromatic heterocycles. The van der Waals surface area contributed by atoms with Crippen molar-refractivity contribution in [3.8, 4) is 16.9 Å². The second-order valence-electron chi connectivity index (χ2n) is 12.1. The van der Waals surface area contributed by atoms with E-state index in [1.165, 1.54) is 13.2 Å². The Hall–Kier alpha value is -3.09. The summed E-state index contributed by atoms with van der Waals surface area (Å²) in [5, 5.41) is 2.95. The van der Waals surface area contributed by atoms with E-state index < -0.39 is 17.1 Å². The third kappa shape index (κ3) is 6.13. The topological polar surface area (TPSA) is 73.9 Å². The number of benzene rings is 2. The summed E-state index contributed by atoms with van der Waals surface area (Å²) in [6.45, 7) is 9.15. The predicted molar refractivity (Wildman–Crippen MR) is 145 cm³/mol. The first-order valence-electron chi connectivity index (χ1n) is 13.6. The van der Waals surface area contributed by atoms with Crippen LogP contribution in [0.4, 0.5) is 9.18 Å². The second kappa shape index (κ2) is 11.0. The van der Waals surface area contributed by atoms with Crippen LogP contribution < -0.4 is 10.1 Å². The van der Waals surface area contributed by atoms with Crippen molar-refractivity contribution in [2.75, 3.05) is 7.11 Å². The Balaban J connectivity index is 1.64. The van der Waals surface area contributed by atoms with E-state index in [2.05, 4.69) is 5.32 Å². The molecule has 4 rings (SSSR count). The predicted octanol–water partition coefficient (Wildman–Crippen LogP) is 7.04. The molecule has 7 heteroatoms. The lowest BCUT2D eigenvalue weighted by Gasteiger charge is -2.30. The van der Waals surface area contributed by atoms with Gasteiger partial charge in [-0.2, -0.15) is 0 Å². The van der Waals surface area contributed by atoms with Crippen molar-refractivity contribution >= 4 is 12.1 Å². The second-order valence-corrected chi connectivity index (χ2v) is 12.1. The lowest BCUT2D eigenvalue weighted by atomic mass is 9.76. The van der Waals surface area contributed by atoms with E-state index in [0.29, 0.717) is 17.7 Å². The number of alkyl carbamates (subject to hydrolysis) is 1. The highest BCUT2D eigenvalue weighted by molar-refractivity contribution is 5.84. The minimum Gasteiger partial charge on any atom is -0.490 e. The van der Waals surface area contributed by atoms with Crippen LogP contribution in [0.5, 0.6) is 5.75 Å². The van der Waals surface area contributed by atoms with Crippen LogP contribution >= 0.6 is 0 Å². The van der Waals surface area contributed by atoms with Crippen molar-refractivity contribution in [1.82, 2.24) is 5.32 Å². The Morgan fingerprint density at radius 3 is 2.34 bits per heavy atom. The van der Waals surface area contributed by atoms with Gasteiger partial charge in [0.05, 0.1) is 12.5 Å². The smallest absolute Gasteiger partial charge is 0.407 e. The van der Waals surface area contributed by atoms with Crippen LogP contribution in [0, 0.1) is 5.82 Å². The number of ether oxygens (including phenoxy) is 3. The van der Waals surface area contributed by atoms with E-state index in [0.717, 1.165) is 48.8 Å². The van der Waals surface area contributed by atoms with Crippen molar-refractivity contribution in [3.05, 3.63) is 53.3 Å². The summed E-state index contributed by atoms with van der Waals surface area (Å²) in [6, 6.07) is 10.8.